The van der Waals surface area contributed by atoms with E-state index in [0.29, 0.717) is 11.5 Å². The Bertz CT molecular complexity index is 304. The van der Waals surface area contributed by atoms with Crippen molar-refractivity contribution in [3.63, 3.8) is 0 Å². The largest absolute Gasteiger partial charge is 0.457 e. The van der Waals surface area contributed by atoms with E-state index in [0.717, 1.165) is 0 Å². The van der Waals surface area contributed by atoms with Crippen LogP contribution >= 0.6 is 0 Å². The number of hydrogen-bond acceptors (Lipinski definition) is 3. The Morgan fingerprint density at radius 1 is 1.54 bits per heavy atom. The molecule has 1 aliphatic carbocycles. The summed E-state index contributed by atoms with van der Waals surface area (Å²) in [6, 6.07) is 0. The highest BCUT2D eigenvalue weighted by atomic mass is 16.7. The van der Waals surface area contributed by atoms with E-state index in [4.69, 9.17) is 9.47 Å². The van der Waals surface area contributed by atoms with Crippen molar-refractivity contribution in [1.82, 2.24) is 4.90 Å². The van der Waals surface area contributed by atoms with Gasteiger partial charge in [0.05, 0.1) is 0 Å². The second kappa shape index (κ2) is 2.80. The number of amides is 1. The van der Waals surface area contributed by atoms with Crippen LogP contribution in [0.15, 0.2) is 23.7 Å². The summed E-state index contributed by atoms with van der Waals surface area (Å²) in [5.41, 5.74) is 0. The average molecular weight is 181 g/mol. The molecule has 1 atom stereocenters. The molecule has 0 aromatic rings. The fourth-order valence-electron chi connectivity index (χ4n) is 1.42. The molecule has 4 nitrogen and oxygen atoms in total. The summed E-state index contributed by atoms with van der Waals surface area (Å²) in [6.07, 6.45) is 3.58. The van der Waals surface area contributed by atoms with Crippen LogP contribution in [0.5, 0.6) is 0 Å². The average Bonchev–Trinajstić information content (AvgIpc) is 2.61. The molecule has 1 unspecified atom stereocenters. The van der Waals surface area contributed by atoms with E-state index in [1.807, 2.05) is 0 Å². The van der Waals surface area contributed by atoms with Crippen molar-refractivity contribution in [3.05, 3.63) is 23.7 Å². The molecule has 0 saturated carbocycles. The molecule has 0 aromatic heterocycles. The van der Waals surface area contributed by atoms with Gasteiger partial charge in [-0.15, -0.1) is 0 Å². The third-order valence-electron chi connectivity index (χ3n) is 2.10. The molecule has 1 heterocycles. The molecule has 1 aliphatic heterocycles. The zero-order valence-electron chi connectivity index (χ0n) is 7.61. The van der Waals surface area contributed by atoms with E-state index in [1.165, 1.54) is 0 Å². The summed E-state index contributed by atoms with van der Waals surface area (Å²) in [4.78, 5) is 13.1. The Morgan fingerprint density at radius 3 is 3.00 bits per heavy atom. The number of ether oxygens (including phenoxy) is 2. The van der Waals surface area contributed by atoms with E-state index in [2.05, 4.69) is 0 Å². The molecule has 70 valence electrons. The maximum Gasteiger partial charge on any atom is 0.236 e. The summed E-state index contributed by atoms with van der Waals surface area (Å²) in [7, 11) is 3.45. The van der Waals surface area contributed by atoms with Crippen LogP contribution in [0.2, 0.25) is 0 Å². The number of carbonyl (C=O) groups excluding carboxylic acids is 1. The van der Waals surface area contributed by atoms with Gasteiger partial charge in [-0.2, -0.15) is 0 Å². The first-order chi connectivity index (χ1) is 6.20. The summed E-state index contributed by atoms with van der Waals surface area (Å²) in [6.45, 7) is 0.228. The fraction of sp³-hybridized carbons (Fsp3) is 0.444. The van der Waals surface area contributed by atoms with Gasteiger partial charge in [0.2, 0.25) is 12.7 Å². The quantitative estimate of drug-likeness (QED) is 0.590. The fourth-order valence-corrected chi connectivity index (χ4v) is 1.42. The Labute approximate surface area is 76.4 Å². The maximum atomic E-state index is 11.6. The minimum atomic E-state index is -0.285. The first kappa shape index (κ1) is 8.16. The molecule has 0 saturated heterocycles. The zero-order chi connectivity index (χ0) is 9.42. The van der Waals surface area contributed by atoms with E-state index in [-0.39, 0.29) is 18.6 Å². The van der Waals surface area contributed by atoms with Crippen LogP contribution in [0.1, 0.15) is 0 Å². The van der Waals surface area contributed by atoms with Crippen LogP contribution in [0.3, 0.4) is 0 Å². The molecule has 0 radical (unpaired) electrons. The molecule has 2 rings (SSSR count). The van der Waals surface area contributed by atoms with E-state index < -0.39 is 0 Å². The Hall–Kier alpha value is -1.45. The Morgan fingerprint density at radius 2 is 2.31 bits per heavy atom. The molecule has 1 amide bonds. The normalized spacial score (nSPS) is 24.0. The van der Waals surface area contributed by atoms with Crippen molar-refractivity contribution in [3.8, 4) is 0 Å². The zero-order valence-corrected chi connectivity index (χ0v) is 7.61. The lowest BCUT2D eigenvalue weighted by Gasteiger charge is -2.15. The van der Waals surface area contributed by atoms with Gasteiger partial charge in [0.25, 0.3) is 0 Å². The third-order valence-corrected chi connectivity index (χ3v) is 2.10. The molecule has 0 fully saturated rings. The third kappa shape index (κ3) is 1.18. The lowest BCUT2D eigenvalue weighted by molar-refractivity contribution is -0.131. The van der Waals surface area contributed by atoms with Gasteiger partial charge in [-0.05, 0) is 6.08 Å². The van der Waals surface area contributed by atoms with E-state index in [9.17, 15) is 4.79 Å². The van der Waals surface area contributed by atoms with E-state index >= 15 is 0 Å². The van der Waals surface area contributed by atoms with Crippen molar-refractivity contribution in [2.45, 2.75) is 0 Å². The predicted molar refractivity (Wildman–Crippen MR) is 45.4 cm³/mol. The van der Waals surface area contributed by atoms with Gasteiger partial charge in [-0.1, -0.05) is 6.08 Å². The lowest BCUT2D eigenvalue weighted by atomic mass is 10.1. The molecular weight excluding hydrogens is 170 g/mol. The van der Waals surface area contributed by atoms with Crippen LogP contribution in [0.25, 0.3) is 0 Å². The molecule has 0 bridgehead atoms. The summed E-state index contributed by atoms with van der Waals surface area (Å²) >= 11 is 0. The first-order valence-corrected chi connectivity index (χ1v) is 4.09. The SMILES string of the molecule is CN(C)C(=O)C1C=CC2=C1OCO2. The molecular formula is C9H11NO3. The van der Waals surface area contributed by atoms with Gasteiger partial charge in [0, 0.05) is 14.1 Å². The summed E-state index contributed by atoms with van der Waals surface area (Å²) < 4.78 is 10.3. The van der Waals surface area contributed by atoms with Gasteiger partial charge in [-0.25, -0.2) is 0 Å². The van der Waals surface area contributed by atoms with Gasteiger partial charge < -0.3 is 14.4 Å². The lowest BCUT2D eigenvalue weighted by Crippen LogP contribution is -2.29. The standard InChI is InChI=1S/C9H11NO3/c1-10(2)9(11)6-3-4-7-8(6)13-5-12-7/h3-4,6H,5H2,1-2H3. The smallest absolute Gasteiger partial charge is 0.236 e. The van der Waals surface area contributed by atoms with Crippen LogP contribution in [0, 0.1) is 5.92 Å². The highest BCUT2D eigenvalue weighted by Gasteiger charge is 2.33. The van der Waals surface area contributed by atoms with Gasteiger partial charge in [0.15, 0.2) is 11.5 Å². The monoisotopic (exact) mass is 181 g/mol. The molecule has 0 spiro atoms. The highest BCUT2D eigenvalue weighted by Crippen LogP contribution is 2.32. The first-order valence-electron chi connectivity index (χ1n) is 4.09. The van der Waals surface area contributed by atoms with Gasteiger partial charge in [0.1, 0.15) is 5.92 Å². The van der Waals surface area contributed by atoms with Crippen molar-refractivity contribution >= 4 is 5.91 Å². The Balaban J connectivity index is 2.19. The molecule has 0 aromatic carbocycles. The van der Waals surface area contributed by atoms with Crippen molar-refractivity contribution in [2.24, 2.45) is 5.92 Å². The van der Waals surface area contributed by atoms with Crippen LogP contribution in [0.4, 0.5) is 0 Å². The number of nitrogens with zero attached hydrogens (tertiary/aromatic N) is 1. The molecule has 4 heteroatoms. The molecule has 13 heavy (non-hydrogen) atoms. The minimum Gasteiger partial charge on any atom is -0.457 e. The highest BCUT2D eigenvalue weighted by molar-refractivity contribution is 5.84. The van der Waals surface area contributed by atoms with E-state index in [1.54, 1.807) is 31.1 Å². The second-order valence-corrected chi connectivity index (χ2v) is 3.20. The number of carbonyl (C=O) groups is 1. The number of rotatable bonds is 1. The molecule has 0 N–H and O–H groups in total. The predicted octanol–water partition coefficient (Wildman–Crippen LogP) is 0.476. The number of allylic oxidation sites excluding steroid dienone is 1. The van der Waals surface area contributed by atoms with Gasteiger partial charge in [-0.3, -0.25) is 4.79 Å². The van der Waals surface area contributed by atoms with Crippen LogP contribution in [-0.4, -0.2) is 31.7 Å². The van der Waals surface area contributed by atoms with Crippen molar-refractivity contribution < 1.29 is 14.3 Å². The van der Waals surface area contributed by atoms with Crippen molar-refractivity contribution in [1.29, 1.82) is 0 Å². The van der Waals surface area contributed by atoms with Crippen LogP contribution in [-0.2, 0) is 14.3 Å². The maximum absolute atomic E-state index is 11.6. The van der Waals surface area contributed by atoms with Gasteiger partial charge >= 0.3 is 0 Å². The second-order valence-electron chi connectivity index (χ2n) is 3.20. The number of hydrogen-bond donors (Lipinski definition) is 0. The minimum absolute atomic E-state index is 0.0201. The Kier molecular flexibility index (Phi) is 1.76. The van der Waals surface area contributed by atoms with Crippen LogP contribution < -0.4 is 0 Å². The summed E-state index contributed by atoms with van der Waals surface area (Å²) in [5, 5.41) is 0. The van der Waals surface area contributed by atoms with Crippen molar-refractivity contribution in [2.75, 3.05) is 20.9 Å². The molecule has 2 aliphatic rings. The topological polar surface area (TPSA) is 38.8 Å². The summed E-state index contributed by atoms with van der Waals surface area (Å²) in [5.74, 6) is 1.08.